The van der Waals surface area contributed by atoms with Crippen molar-refractivity contribution in [3.63, 3.8) is 0 Å². The van der Waals surface area contributed by atoms with Gasteiger partial charge in [-0.25, -0.2) is 4.98 Å². The zero-order valence-corrected chi connectivity index (χ0v) is 11.4. The van der Waals surface area contributed by atoms with Crippen molar-refractivity contribution >= 4 is 5.69 Å². The quantitative estimate of drug-likeness (QED) is 0.767. The molecule has 0 saturated heterocycles. The second kappa shape index (κ2) is 5.65. The standard InChI is InChI=1S/C16H17N3O/c1-2-13-7-8-14(20-13)11-18-15-5-3-4-6-16(15)19-10-9-17-12-19/h3-10,12,18H,2,11H2,1H3. The molecule has 2 heterocycles. The number of furan rings is 1. The predicted molar refractivity (Wildman–Crippen MR) is 79.0 cm³/mol. The molecule has 0 amide bonds. The molecule has 1 N–H and O–H groups in total. The minimum absolute atomic E-state index is 0.672. The second-order valence-electron chi connectivity index (χ2n) is 4.56. The highest BCUT2D eigenvalue weighted by Crippen LogP contribution is 2.20. The van der Waals surface area contributed by atoms with Crippen LogP contribution in [0, 0.1) is 0 Å². The average molecular weight is 267 g/mol. The first-order chi connectivity index (χ1) is 9.86. The van der Waals surface area contributed by atoms with E-state index < -0.39 is 0 Å². The van der Waals surface area contributed by atoms with Gasteiger partial charge in [-0.1, -0.05) is 19.1 Å². The van der Waals surface area contributed by atoms with Gasteiger partial charge < -0.3 is 14.3 Å². The molecule has 0 radical (unpaired) electrons. The molecule has 0 unspecified atom stereocenters. The van der Waals surface area contributed by atoms with Crippen molar-refractivity contribution in [3.8, 4) is 5.69 Å². The maximum Gasteiger partial charge on any atom is 0.123 e. The molecule has 0 saturated carbocycles. The van der Waals surface area contributed by atoms with Crippen LogP contribution in [0.2, 0.25) is 0 Å². The number of imidazole rings is 1. The molecule has 0 aliphatic heterocycles. The maximum absolute atomic E-state index is 5.70. The zero-order valence-electron chi connectivity index (χ0n) is 11.4. The van der Waals surface area contributed by atoms with Gasteiger partial charge in [0, 0.05) is 18.8 Å². The summed E-state index contributed by atoms with van der Waals surface area (Å²) >= 11 is 0. The van der Waals surface area contributed by atoms with E-state index in [0.717, 1.165) is 29.3 Å². The summed E-state index contributed by atoms with van der Waals surface area (Å²) in [5, 5.41) is 3.41. The SMILES string of the molecule is CCc1ccc(CNc2ccccc2-n2ccnc2)o1. The van der Waals surface area contributed by atoms with E-state index in [-0.39, 0.29) is 0 Å². The Morgan fingerprint density at radius 2 is 2.00 bits per heavy atom. The molecule has 4 heteroatoms. The van der Waals surface area contributed by atoms with Gasteiger partial charge in [0.1, 0.15) is 11.5 Å². The fourth-order valence-corrected chi connectivity index (χ4v) is 2.14. The molecule has 0 fully saturated rings. The number of hydrogen-bond acceptors (Lipinski definition) is 3. The lowest BCUT2D eigenvalue weighted by Crippen LogP contribution is -2.02. The third kappa shape index (κ3) is 2.59. The van der Waals surface area contributed by atoms with Gasteiger partial charge >= 0.3 is 0 Å². The van der Waals surface area contributed by atoms with Gasteiger partial charge in [-0.15, -0.1) is 0 Å². The van der Waals surface area contributed by atoms with Crippen molar-refractivity contribution in [1.29, 1.82) is 0 Å². The number of hydrogen-bond donors (Lipinski definition) is 1. The van der Waals surface area contributed by atoms with Crippen LogP contribution in [0.4, 0.5) is 5.69 Å². The number of benzene rings is 1. The van der Waals surface area contributed by atoms with Crippen molar-refractivity contribution in [1.82, 2.24) is 9.55 Å². The number of aryl methyl sites for hydroxylation is 1. The van der Waals surface area contributed by atoms with Crippen LogP contribution >= 0.6 is 0 Å². The normalized spacial score (nSPS) is 10.7. The predicted octanol–water partition coefficient (Wildman–Crippen LogP) is 3.64. The van der Waals surface area contributed by atoms with Crippen LogP contribution in [0.25, 0.3) is 5.69 Å². The summed E-state index contributed by atoms with van der Waals surface area (Å²) < 4.78 is 7.69. The van der Waals surface area contributed by atoms with Crippen molar-refractivity contribution < 1.29 is 4.42 Å². The van der Waals surface area contributed by atoms with Gasteiger partial charge in [-0.05, 0) is 24.3 Å². The molecule has 1 aromatic carbocycles. The number of aromatic nitrogens is 2. The van der Waals surface area contributed by atoms with Crippen LogP contribution in [0.3, 0.4) is 0 Å². The zero-order chi connectivity index (χ0) is 13.8. The molecule has 3 aromatic rings. The number of nitrogens with zero attached hydrogens (tertiary/aromatic N) is 2. The Bertz CT molecular complexity index is 671. The Labute approximate surface area is 118 Å². The Morgan fingerprint density at radius 3 is 2.75 bits per heavy atom. The third-order valence-corrected chi connectivity index (χ3v) is 3.21. The lowest BCUT2D eigenvalue weighted by molar-refractivity contribution is 0.476. The summed E-state index contributed by atoms with van der Waals surface area (Å²) in [4.78, 5) is 4.09. The Morgan fingerprint density at radius 1 is 1.15 bits per heavy atom. The summed E-state index contributed by atoms with van der Waals surface area (Å²) in [6.45, 7) is 2.76. The van der Waals surface area contributed by atoms with Crippen molar-refractivity contribution in [3.05, 3.63) is 66.6 Å². The van der Waals surface area contributed by atoms with E-state index in [2.05, 4.69) is 29.4 Å². The summed E-state index contributed by atoms with van der Waals surface area (Å²) in [6, 6.07) is 12.2. The molecule has 3 rings (SSSR count). The van der Waals surface area contributed by atoms with Gasteiger partial charge in [0.05, 0.1) is 24.2 Å². The van der Waals surface area contributed by atoms with E-state index in [1.54, 1.807) is 12.5 Å². The average Bonchev–Trinajstić information content (AvgIpc) is 3.17. The monoisotopic (exact) mass is 267 g/mol. The topological polar surface area (TPSA) is 43.0 Å². The number of nitrogens with one attached hydrogen (secondary N) is 1. The lowest BCUT2D eigenvalue weighted by atomic mass is 10.2. The fraction of sp³-hybridized carbons (Fsp3) is 0.188. The van der Waals surface area contributed by atoms with E-state index in [9.17, 15) is 0 Å². The van der Waals surface area contributed by atoms with Crippen LogP contribution in [-0.4, -0.2) is 9.55 Å². The Balaban J connectivity index is 1.77. The summed E-state index contributed by atoms with van der Waals surface area (Å²) in [6.07, 6.45) is 6.42. The van der Waals surface area contributed by atoms with E-state index in [1.807, 2.05) is 35.0 Å². The summed E-state index contributed by atoms with van der Waals surface area (Å²) in [5.41, 5.74) is 2.13. The molecular formula is C16H17N3O. The highest BCUT2D eigenvalue weighted by molar-refractivity contribution is 5.60. The van der Waals surface area contributed by atoms with Crippen LogP contribution in [0.15, 0.2) is 59.5 Å². The van der Waals surface area contributed by atoms with Crippen LogP contribution in [0.5, 0.6) is 0 Å². The molecule has 0 aliphatic carbocycles. The van der Waals surface area contributed by atoms with E-state index in [1.165, 1.54) is 0 Å². The van der Waals surface area contributed by atoms with Crippen LogP contribution in [-0.2, 0) is 13.0 Å². The molecule has 4 nitrogen and oxygen atoms in total. The first-order valence-electron chi connectivity index (χ1n) is 6.75. The van der Waals surface area contributed by atoms with E-state index in [0.29, 0.717) is 6.54 Å². The molecule has 0 atom stereocenters. The first kappa shape index (κ1) is 12.5. The van der Waals surface area contributed by atoms with Crippen LogP contribution < -0.4 is 5.32 Å². The number of anilines is 1. The molecular weight excluding hydrogens is 250 g/mol. The van der Waals surface area contributed by atoms with Crippen LogP contribution in [0.1, 0.15) is 18.4 Å². The van der Waals surface area contributed by atoms with E-state index in [4.69, 9.17) is 4.42 Å². The first-order valence-corrected chi connectivity index (χ1v) is 6.75. The van der Waals surface area contributed by atoms with E-state index >= 15 is 0 Å². The third-order valence-electron chi connectivity index (χ3n) is 3.21. The minimum Gasteiger partial charge on any atom is -0.464 e. The van der Waals surface area contributed by atoms with Gasteiger partial charge in [0.2, 0.25) is 0 Å². The van der Waals surface area contributed by atoms with Gasteiger partial charge in [0.15, 0.2) is 0 Å². The molecule has 0 bridgehead atoms. The van der Waals surface area contributed by atoms with Gasteiger partial charge in [-0.2, -0.15) is 0 Å². The van der Waals surface area contributed by atoms with Crippen molar-refractivity contribution in [2.45, 2.75) is 19.9 Å². The summed E-state index contributed by atoms with van der Waals surface area (Å²) in [7, 11) is 0. The molecule has 2 aromatic heterocycles. The number of para-hydroxylation sites is 2. The van der Waals surface area contributed by atoms with Gasteiger partial charge in [-0.3, -0.25) is 0 Å². The largest absolute Gasteiger partial charge is 0.464 e. The molecule has 102 valence electrons. The van der Waals surface area contributed by atoms with Gasteiger partial charge in [0.25, 0.3) is 0 Å². The maximum atomic E-state index is 5.70. The van der Waals surface area contributed by atoms with Crippen molar-refractivity contribution in [2.75, 3.05) is 5.32 Å². The number of rotatable bonds is 5. The molecule has 0 spiro atoms. The lowest BCUT2D eigenvalue weighted by Gasteiger charge is -2.11. The molecule has 0 aliphatic rings. The highest BCUT2D eigenvalue weighted by atomic mass is 16.3. The second-order valence-corrected chi connectivity index (χ2v) is 4.56. The minimum atomic E-state index is 0.672. The Kier molecular flexibility index (Phi) is 3.54. The smallest absolute Gasteiger partial charge is 0.123 e. The highest BCUT2D eigenvalue weighted by Gasteiger charge is 2.05. The van der Waals surface area contributed by atoms with Crippen molar-refractivity contribution in [2.24, 2.45) is 0 Å². The Hall–Kier alpha value is -2.49. The fourth-order valence-electron chi connectivity index (χ4n) is 2.14. The summed E-state index contributed by atoms with van der Waals surface area (Å²) in [5.74, 6) is 1.96. The molecule has 20 heavy (non-hydrogen) atoms.